The van der Waals surface area contributed by atoms with Crippen molar-refractivity contribution in [1.82, 2.24) is 5.32 Å². The molecule has 62 valence electrons. The van der Waals surface area contributed by atoms with Gasteiger partial charge in [-0.2, -0.15) is 0 Å². The molecule has 0 aliphatic carbocycles. The molecule has 0 aliphatic rings. The Kier molecular flexibility index (Phi) is 5.52. The van der Waals surface area contributed by atoms with E-state index in [1.807, 2.05) is 0 Å². The average Bonchev–Trinajstić information content (AvgIpc) is 1.90. The third kappa shape index (κ3) is 4.69. The van der Waals surface area contributed by atoms with Gasteiger partial charge in [-0.05, 0) is 6.92 Å². The summed E-state index contributed by atoms with van der Waals surface area (Å²) in [5.74, 6) is 0. The fourth-order valence-electron chi connectivity index (χ4n) is 0.524. The lowest BCUT2D eigenvalue weighted by atomic mass is 10.3. The average molecular weight is 149 g/mol. The van der Waals surface area contributed by atoms with Crippen molar-refractivity contribution in [3.8, 4) is 0 Å². The van der Waals surface area contributed by atoms with Crippen LogP contribution in [-0.4, -0.2) is 47.2 Å². The summed E-state index contributed by atoms with van der Waals surface area (Å²) in [6, 6.07) is -0.311. The van der Waals surface area contributed by atoms with E-state index >= 15 is 0 Å². The summed E-state index contributed by atoms with van der Waals surface area (Å²) < 4.78 is 0. The molecule has 0 rings (SSSR count). The van der Waals surface area contributed by atoms with Crippen molar-refractivity contribution in [2.45, 2.75) is 19.1 Å². The van der Waals surface area contributed by atoms with Crippen LogP contribution in [0.3, 0.4) is 0 Å². The normalized spacial score (nSPS) is 14.1. The molecule has 0 aromatic rings. The zero-order valence-corrected chi connectivity index (χ0v) is 6.12. The first-order valence-corrected chi connectivity index (χ1v) is 3.33. The van der Waals surface area contributed by atoms with Crippen LogP contribution in [0.15, 0.2) is 0 Å². The van der Waals surface area contributed by atoms with E-state index in [1.54, 1.807) is 6.92 Å². The zero-order valence-electron chi connectivity index (χ0n) is 6.12. The number of aliphatic hydroxyl groups is 3. The van der Waals surface area contributed by atoms with Gasteiger partial charge in [0.2, 0.25) is 0 Å². The van der Waals surface area contributed by atoms with Gasteiger partial charge in [-0.25, -0.2) is 0 Å². The summed E-state index contributed by atoms with van der Waals surface area (Å²) in [7, 11) is 0. The van der Waals surface area contributed by atoms with Crippen LogP contribution in [0.2, 0.25) is 0 Å². The number of nitrogens with one attached hydrogen (secondary N) is 1. The molecule has 10 heavy (non-hydrogen) atoms. The maximum absolute atomic E-state index is 8.77. The summed E-state index contributed by atoms with van der Waals surface area (Å²) in [5.41, 5.74) is 0. The predicted molar refractivity (Wildman–Crippen MR) is 37.6 cm³/mol. The van der Waals surface area contributed by atoms with Crippen molar-refractivity contribution >= 4 is 0 Å². The van der Waals surface area contributed by atoms with Crippen molar-refractivity contribution in [3.05, 3.63) is 0 Å². The summed E-state index contributed by atoms with van der Waals surface area (Å²) >= 11 is 0. The van der Waals surface area contributed by atoms with E-state index in [2.05, 4.69) is 5.32 Å². The Balaban J connectivity index is 3.26. The molecule has 0 spiro atoms. The molecule has 0 amide bonds. The number of rotatable bonds is 5. The van der Waals surface area contributed by atoms with E-state index in [0.717, 1.165) is 0 Å². The predicted octanol–water partition coefficient (Wildman–Crippen LogP) is -1.69. The van der Waals surface area contributed by atoms with Gasteiger partial charge in [0, 0.05) is 6.54 Å². The van der Waals surface area contributed by atoms with Crippen LogP contribution >= 0.6 is 0 Å². The number of hydrogen-bond acceptors (Lipinski definition) is 4. The van der Waals surface area contributed by atoms with E-state index in [0.29, 0.717) is 6.54 Å². The summed E-state index contributed by atoms with van der Waals surface area (Å²) in [4.78, 5) is 0. The Bertz CT molecular complexity index is 73.4. The van der Waals surface area contributed by atoms with Gasteiger partial charge in [0.15, 0.2) is 0 Å². The number of hydrogen-bond donors (Lipinski definition) is 4. The van der Waals surface area contributed by atoms with Crippen molar-refractivity contribution in [3.63, 3.8) is 0 Å². The molecular weight excluding hydrogens is 134 g/mol. The largest absolute Gasteiger partial charge is 0.395 e. The van der Waals surface area contributed by atoms with Gasteiger partial charge in [-0.1, -0.05) is 0 Å². The van der Waals surface area contributed by atoms with Gasteiger partial charge in [0.05, 0.1) is 25.4 Å². The maximum atomic E-state index is 8.77. The fourth-order valence-corrected chi connectivity index (χ4v) is 0.524. The fraction of sp³-hybridized carbons (Fsp3) is 1.00. The smallest absolute Gasteiger partial charge is 0.0636 e. The van der Waals surface area contributed by atoms with Gasteiger partial charge in [0.25, 0.3) is 0 Å². The molecule has 0 saturated carbocycles. The molecule has 4 heteroatoms. The van der Waals surface area contributed by atoms with E-state index in [9.17, 15) is 0 Å². The third-order valence-electron chi connectivity index (χ3n) is 1.14. The Labute approximate surface area is 60.5 Å². The molecule has 4 nitrogen and oxygen atoms in total. The van der Waals surface area contributed by atoms with Crippen molar-refractivity contribution < 1.29 is 15.3 Å². The first-order valence-electron chi connectivity index (χ1n) is 3.33. The lowest BCUT2D eigenvalue weighted by molar-refractivity contribution is 0.143. The number of aliphatic hydroxyl groups excluding tert-OH is 3. The first-order chi connectivity index (χ1) is 4.70. The Morgan fingerprint density at radius 2 is 1.80 bits per heavy atom. The lowest BCUT2D eigenvalue weighted by Gasteiger charge is -2.13. The summed E-state index contributed by atoms with van der Waals surface area (Å²) in [6.07, 6.45) is -0.444. The van der Waals surface area contributed by atoms with Gasteiger partial charge in [0.1, 0.15) is 0 Å². The molecule has 0 aliphatic heterocycles. The van der Waals surface area contributed by atoms with Crippen LogP contribution in [0.5, 0.6) is 0 Å². The highest BCUT2D eigenvalue weighted by molar-refractivity contribution is 4.64. The van der Waals surface area contributed by atoms with Gasteiger partial charge < -0.3 is 20.6 Å². The van der Waals surface area contributed by atoms with E-state index in [1.165, 1.54) is 0 Å². The van der Waals surface area contributed by atoms with Crippen LogP contribution in [0.1, 0.15) is 6.92 Å². The van der Waals surface area contributed by atoms with Crippen molar-refractivity contribution in [1.29, 1.82) is 0 Å². The molecule has 0 aromatic carbocycles. The molecule has 0 saturated heterocycles. The molecule has 1 atom stereocenters. The summed E-state index contributed by atoms with van der Waals surface area (Å²) in [5, 5.41) is 28.6. The highest BCUT2D eigenvalue weighted by Crippen LogP contribution is 1.81. The van der Waals surface area contributed by atoms with E-state index in [-0.39, 0.29) is 19.3 Å². The molecule has 4 N–H and O–H groups in total. The Hall–Kier alpha value is -0.160. The zero-order chi connectivity index (χ0) is 7.98. The first kappa shape index (κ1) is 9.84. The van der Waals surface area contributed by atoms with E-state index in [4.69, 9.17) is 15.3 Å². The highest BCUT2D eigenvalue weighted by Gasteiger charge is 2.04. The minimum atomic E-state index is -0.444. The quantitative estimate of drug-likeness (QED) is 0.376. The molecule has 1 unspecified atom stereocenters. The van der Waals surface area contributed by atoms with Gasteiger partial charge >= 0.3 is 0 Å². The molecule has 0 fully saturated rings. The second-order valence-corrected chi connectivity index (χ2v) is 2.32. The van der Waals surface area contributed by atoms with Crippen LogP contribution < -0.4 is 5.32 Å². The van der Waals surface area contributed by atoms with Crippen molar-refractivity contribution in [2.24, 2.45) is 0 Å². The standard InChI is InChI=1S/C6H15NO3/c1-5(10)2-7-6(3-8)4-9/h5-10H,2-4H2,1H3. The molecule has 0 radical (unpaired) electrons. The van der Waals surface area contributed by atoms with Crippen LogP contribution in [0.4, 0.5) is 0 Å². The molecular formula is C6H15NO3. The molecule has 0 bridgehead atoms. The minimum Gasteiger partial charge on any atom is -0.395 e. The van der Waals surface area contributed by atoms with Gasteiger partial charge in [-0.15, -0.1) is 0 Å². The van der Waals surface area contributed by atoms with Gasteiger partial charge in [-0.3, -0.25) is 0 Å². The van der Waals surface area contributed by atoms with Crippen LogP contribution in [-0.2, 0) is 0 Å². The maximum Gasteiger partial charge on any atom is 0.0636 e. The topological polar surface area (TPSA) is 72.7 Å². The second-order valence-electron chi connectivity index (χ2n) is 2.32. The van der Waals surface area contributed by atoms with Crippen molar-refractivity contribution in [2.75, 3.05) is 19.8 Å². The SMILES string of the molecule is CC(O)CNC(CO)CO. The van der Waals surface area contributed by atoms with Crippen LogP contribution in [0, 0.1) is 0 Å². The lowest BCUT2D eigenvalue weighted by Crippen LogP contribution is -2.39. The Morgan fingerprint density at radius 1 is 1.30 bits per heavy atom. The monoisotopic (exact) mass is 149 g/mol. The summed E-state index contributed by atoms with van der Waals surface area (Å²) in [6.45, 7) is 1.82. The minimum absolute atomic E-state index is 0.108. The highest BCUT2D eigenvalue weighted by atomic mass is 16.3. The molecule has 0 heterocycles. The third-order valence-corrected chi connectivity index (χ3v) is 1.14. The second kappa shape index (κ2) is 5.61. The Morgan fingerprint density at radius 3 is 2.10 bits per heavy atom. The molecule has 0 aromatic heterocycles. The van der Waals surface area contributed by atoms with Crippen LogP contribution in [0.25, 0.3) is 0 Å². The van der Waals surface area contributed by atoms with E-state index < -0.39 is 6.10 Å².